The highest BCUT2D eigenvalue weighted by Gasteiger charge is 2.36. The third kappa shape index (κ3) is 4.63. The van der Waals surface area contributed by atoms with Gasteiger partial charge in [0.25, 0.3) is 0 Å². The number of nitrogens with zero attached hydrogens (tertiary/aromatic N) is 2. The molecule has 1 aromatic rings. The summed E-state index contributed by atoms with van der Waals surface area (Å²) in [4.78, 5) is 15.1. The summed E-state index contributed by atoms with van der Waals surface area (Å²) in [5, 5.41) is 0. The van der Waals surface area contributed by atoms with E-state index < -0.39 is 10.0 Å². The summed E-state index contributed by atoms with van der Waals surface area (Å²) in [7, 11) is -1.48. The largest absolute Gasteiger partial charge is 0.496 e. The fourth-order valence-electron chi connectivity index (χ4n) is 4.35. The smallest absolute Gasteiger partial charge is 0.226 e. The fraction of sp³-hybridized carbons (Fsp3) is 0.650. The predicted octanol–water partition coefficient (Wildman–Crippen LogP) is 2.21. The maximum absolute atomic E-state index is 13.1. The summed E-state index contributed by atoms with van der Waals surface area (Å²) < 4.78 is 30.2. The average Bonchev–Trinajstić information content (AvgIpc) is 3.09. The van der Waals surface area contributed by atoms with Crippen molar-refractivity contribution in [3.63, 3.8) is 0 Å². The van der Waals surface area contributed by atoms with E-state index in [1.165, 1.54) is 16.1 Å². The van der Waals surface area contributed by atoms with Gasteiger partial charge in [-0.1, -0.05) is 12.1 Å². The van der Waals surface area contributed by atoms with E-state index in [4.69, 9.17) is 4.74 Å². The fourth-order valence-corrected chi connectivity index (χ4v) is 5.22. The zero-order valence-electron chi connectivity index (χ0n) is 16.5. The summed E-state index contributed by atoms with van der Waals surface area (Å²) in [6.07, 6.45) is 5.40. The van der Waals surface area contributed by atoms with Crippen LogP contribution in [0.5, 0.6) is 5.75 Å². The van der Waals surface area contributed by atoms with E-state index in [0.717, 1.165) is 37.1 Å². The van der Waals surface area contributed by atoms with Crippen molar-refractivity contribution in [2.45, 2.75) is 45.1 Å². The lowest BCUT2D eigenvalue weighted by Crippen LogP contribution is -2.46. The van der Waals surface area contributed by atoms with Crippen LogP contribution in [0.2, 0.25) is 0 Å². The second-order valence-electron chi connectivity index (χ2n) is 7.77. The second-order valence-corrected chi connectivity index (χ2v) is 9.75. The number of hydrogen-bond acceptors (Lipinski definition) is 4. The van der Waals surface area contributed by atoms with Crippen LogP contribution in [0.3, 0.4) is 0 Å². The first-order valence-electron chi connectivity index (χ1n) is 9.68. The van der Waals surface area contributed by atoms with E-state index in [1.54, 1.807) is 7.11 Å². The second kappa shape index (κ2) is 8.19. The van der Waals surface area contributed by atoms with E-state index in [9.17, 15) is 13.2 Å². The summed E-state index contributed by atoms with van der Waals surface area (Å²) in [5.41, 5.74) is 2.34. The maximum atomic E-state index is 13.1. The number of piperidine rings is 1. The zero-order chi connectivity index (χ0) is 19.6. The van der Waals surface area contributed by atoms with Gasteiger partial charge in [-0.15, -0.1) is 0 Å². The quantitative estimate of drug-likeness (QED) is 0.768. The Bertz CT molecular complexity index is 785. The van der Waals surface area contributed by atoms with Crippen LogP contribution in [-0.2, 0) is 21.2 Å². The Morgan fingerprint density at radius 2 is 1.89 bits per heavy atom. The number of benzene rings is 1. The number of methoxy groups -OCH3 is 1. The molecule has 0 bridgehead atoms. The first-order valence-corrected chi connectivity index (χ1v) is 11.5. The van der Waals surface area contributed by atoms with Crippen LogP contribution in [0.1, 0.15) is 36.8 Å². The van der Waals surface area contributed by atoms with Crippen LogP contribution >= 0.6 is 0 Å². The molecule has 0 aliphatic carbocycles. The Hall–Kier alpha value is -1.60. The van der Waals surface area contributed by atoms with Crippen molar-refractivity contribution in [2.24, 2.45) is 5.92 Å². The summed E-state index contributed by atoms with van der Waals surface area (Å²) in [6.45, 7) is 3.75. The first kappa shape index (κ1) is 20.1. The molecule has 1 amide bonds. The summed E-state index contributed by atoms with van der Waals surface area (Å²) in [6, 6.07) is 6.45. The van der Waals surface area contributed by atoms with E-state index in [-0.39, 0.29) is 17.9 Å². The van der Waals surface area contributed by atoms with Crippen LogP contribution in [0.4, 0.5) is 0 Å². The van der Waals surface area contributed by atoms with Gasteiger partial charge in [-0.2, -0.15) is 0 Å². The van der Waals surface area contributed by atoms with Gasteiger partial charge in [0, 0.05) is 31.6 Å². The molecular formula is C20H30N2O4S. The van der Waals surface area contributed by atoms with E-state index >= 15 is 0 Å². The van der Waals surface area contributed by atoms with Gasteiger partial charge >= 0.3 is 0 Å². The van der Waals surface area contributed by atoms with Crippen LogP contribution < -0.4 is 4.74 Å². The highest BCUT2D eigenvalue weighted by Crippen LogP contribution is 2.28. The zero-order valence-corrected chi connectivity index (χ0v) is 17.3. The number of carbonyl (C=O) groups excluding carboxylic acids is 1. The molecule has 0 spiro atoms. The molecule has 150 valence electrons. The topological polar surface area (TPSA) is 66.9 Å². The minimum absolute atomic E-state index is 0.0544. The summed E-state index contributed by atoms with van der Waals surface area (Å²) >= 11 is 0. The Balaban J connectivity index is 1.62. The highest BCUT2D eigenvalue weighted by molar-refractivity contribution is 7.88. The van der Waals surface area contributed by atoms with Gasteiger partial charge < -0.3 is 9.64 Å². The Morgan fingerprint density at radius 1 is 1.19 bits per heavy atom. The van der Waals surface area contributed by atoms with Gasteiger partial charge in [-0.25, -0.2) is 12.7 Å². The molecule has 2 aliphatic heterocycles. The van der Waals surface area contributed by atoms with Crippen molar-refractivity contribution in [2.75, 3.05) is 33.0 Å². The number of sulfonamides is 1. The monoisotopic (exact) mass is 394 g/mol. The van der Waals surface area contributed by atoms with Crippen LogP contribution in [0.15, 0.2) is 18.2 Å². The molecule has 1 unspecified atom stereocenters. The molecule has 2 aliphatic rings. The van der Waals surface area contributed by atoms with Crippen molar-refractivity contribution in [1.29, 1.82) is 0 Å². The van der Waals surface area contributed by atoms with Crippen molar-refractivity contribution < 1.29 is 17.9 Å². The number of carbonyl (C=O) groups is 1. The minimum atomic E-state index is -3.16. The molecular weight excluding hydrogens is 364 g/mol. The van der Waals surface area contributed by atoms with E-state index in [1.807, 2.05) is 17.9 Å². The number of hydrogen-bond donors (Lipinski definition) is 0. The lowest BCUT2D eigenvalue weighted by molar-refractivity contribution is -0.137. The van der Waals surface area contributed by atoms with Gasteiger partial charge in [0.1, 0.15) is 5.75 Å². The Labute approximate surface area is 162 Å². The number of rotatable bonds is 5. The number of amides is 1. The standard InChI is InChI=1S/C20H30N2O4S/c1-15-13-16(6-7-19(15)26-2)14-18-5-4-10-22(18)20(23)17-8-11-21(12-9-17)27(3,24)25/h6-7,13,17-18H,4-5,8-12,14H2,1-3H3. The molecule has 3 rings (SSSR count). The van der Waals surface area contributed by atoms with Crippen LogP contribution in [0.25, 0.3) is 0 Å². The molecule has 2 heterocycles. The third-order valence-electron chi connectivity index (χ3n) is 5.86. The average molecular weight is 395 g/mol. The predicted molar refractivity (Wildman–Crippen MR) is 105 cm³/mol. The molecule has 1 aromatic carbocycles. The van der Waals surface area contributed by atoms with Gasteiger partial charge in [0.15, 0.2) is 0 Å². The van der Waals surface area contributed by atoms with Crippen molar-refractivity contribution in [3.8, 4) is 5.75 Å². The molecule has 0 aromatic heterocycles. The lowest BCUT2D eigenvalue weighted by atomic mass is 9.95. The first-order chi connectivity index (χ1) is 12.8. The third-order valence-corrected chi connectivity index (χ3v) is 7.17. The maximum Gasteiger partial charge on any atom is 0.226 e. The van der Waals surface area contributed by atoms with Crippen molar-refractivity contribution >= 4 is 15.9 Å². The molecule has 6 nitrogen and oxygen atoms in total. The molecule has 0 N–H and O–H groups in total. The lowest BCUT2D eigenvalue weighted by Gasteiger charge is -2.34. The Morgan fingerprint density at radius 3 is 2.48 bits per heavy atom. The Kier molecular flexibility index (Phi) is 6.11. The van der Waals surface area contributed by atoms with Crippen LogP contribution in [-0.4, -0.2) is 62.6 Å². The number of ether oxygens (including phenoxy) is 1. The SMILES string of the molecule is COc1ccc(CC2CCCN2C(=O)C2CCN(S(C)(=O)=O)CC2)cc1C. The van der Waals surface area contributed by atoms with Crippen molar-refractivity contribution in [3.05, 3.63) is 29.3 Å². The van der Waals surface area contributed by atoms with E-state index in [0.29, 0.717) is 25.9 Å². The van der Waals surface area contributed by atoms with Gasteiger partial charge in [0.2, 0.25) is 15.9 Å². The van der Waals surface area contributed by atoms with Crippen LogP contribution in [0, 0.1) is 12.8 Å². The minimum Gasteiger partial charge on any atom is -0.496 e. The number of aryl methyl sites for hydroxylation is 1. The van der Waals surface area contributed by atoms with E-state index in [2.05, 4.69) is 12.1 Å². The van der Waals surface area contributed by atoms with Gasteiger partial charge in [0.05, 0.1) is 13.4 Å². The molecule has 27 heavy (non-hydrogen) atoms. The molecule has 0 radical (unpaired) electrons. The summed E-state index contributed by atoms with van der Waals surface area (Å²) in [5.74, 6) is 1.04. The highest BCUT2D eigenvalue weighted by atomic mass is 32.2. The van der Waals surface area contributed by atoms with Gasteiger partial charge in [-0.3, -0.25) is 4.79 Å². The van der Waals surface area contributed by atoms with Crippen molar-refractivity contribution in [1.82, 2.24) is 9.21 Å². The molecule has 2 fully saturated rings. The van der Waals surface area contributed by atoms with Gasteiger partial charge in [-0.05, 0) is 56.2 Å². The molecule has 0 saturated carbocycles. The molecule has 1 atom stereocenters. The number of likely N-dealkylation sites (tertiary alicyclic amines) is 1. The molecule has 2 saturated heterocycles. The molecule has 7 heteroatoms. The normalized spacial score (nSPS) is 22.2.